The van der Waals surface area contributed by atoms with Crippen LogP contribution in [0.5, 0.6) is 0 Å². The number of hydrogen-bond donors (Lipinski definition) is 2. The quantitative estimate of drug-likeness (QED) is 0.393. The fourth-order valence-corrected chi connectivity index (χ4v) is 5.47. The molecule has 10 nitrogen and oxygen atoms in total. The summed E-state index contributed by atoms with van der Waals surface area (Å²) >= 11 is 1.20. The van der Waals surface area contributed by atoms with Gasteiger partial charge in [-0.2, -0.15) is 0 Å². The Balaban J connectivity index is 1.57. The van der Waals surface area contributed by atoms with Gasteiger partial charge in [0.05, 0.1) is 23.6 Å². The molecule has 1 fully saturated rings. The number of ether oxygens (including phenoxy) is 1. The predicted octanol–water partition coefficient (Wildman–Crippen LogP) is 2.50. The molecule has 0 unspecified atom stereocenters. The van der Waals surface area contributed by atoms with E-state index < -0.39 is 16.0 Å². The lowest BCUT2D eigenvalue weighted by Gasteiger charge is -2.26. The van der Waals surface area contributed by atoms with Gasteiger partial charge in [-0.15, -0.1) is 11.3 Å². The lowest BCUT2D eigenvalue weighted by molar-refractivity contribution is 0.0303. The van der Waals surface area contributed by atoms with Crippen LogP contribution in [0.3, 0.4) is 0 Å². The van der Waals surface area contributed by atoms with Crippen molar-refractivity contribution < 1.29 is 27.9 Å². The summed E-state index contributed by atoms with van der Waals surface area (Å²) in [5.74, 6) is -1.19. The van der Waals surface area contributed by atoms with Crippen molar-refractivity contribution in [3.05, 3.63) is 76.4 Å². The Morgan fingerprint density at radius 3 is 2.47 bits per heavy atom. The molecule has 0 bridgehead atoms. The molecule has 0 radical (unpaired) electrons. The van der Waals surface area contributed by atoms with Gasteiger partial charge in [-0.3, -0.25) is 9.36 Å². The van der Waals surface area contributed by atoms with E-state index in [9.17, 15) is 23.1 Å². The molecule has 186 valence electrons. The Kier molecular flexibility index (Phi) is 6.35. The number of aromatic nitrogens is 2. The second kappa shape index (κ2) is 9.47. The monoisotopic (exact) mass is 526 g/mol. The zero-order valence-electron chi connectivity index (χ0n) is 19.0. The molecule has 2 aromatic heterocycles. The summed E-state index contributed by atoms with van der Waals surface area (Å²) in [7, 11) is -3.80. The van der Waals surface area contributed by atoms with Crippen LogP contribution in [0, 0.1) is 0 Å². The largest absolute Gasteiger partial charge is 0.476 e. The second-order valence-electron chi connectivity index (χ2n) is 8.35. The average Bonchev–Trinajstić information content (AvgIpc) is 3.49. The summed E-state index contributed by atoms with van der Waals surface area (Å²) in [4.78, 5) is 30.5. The summed E-state index contributed by atoms with van der Waals surface area (Å²) in [6.45, 7) is 2.05. The normalized spacial score (nSPS) is 14.3. The summed E-state index contributed by atoms with van der Waals surface area (Å²) < 4.78 is 30.4. The highest BCUT2D eigenvalue weighted by Gasteiger charge is 2.21. The van der Waals surface area contributed by atoms with Gasteiger partial charge in [0.2, 0.25) is 10.0 Å². The summed E-state index contributed by atoms with van der Waals surface area (Å²) in [5, 5.41) is 17.3. The van der Waals surface area contributed by atoms with E-state index in [0.29, 0.717) is 43.4 Å². The van der Waals surface area contributed by atoms with E-state index in [4.69, 9.17) is 9.88 Å². The number of amides is 1. The van der Waals surface area contributed by atoms with Crippen LogP contribution >= 0.6 is 11.3 Å². The topological polar surface area (TPSA) is 145 Å². The standard InChI is InChI=1S/C24H22N4O6S2/c25-36(32,33)18-4-1-15(2-5-18)11-17-13-28(24-26-20(14-35-24)23(30)31)21-6-3-16(12-19(17)21)22(29)27-7-9-34-10-8-27/h1-6,12-14H,7-11H2,(H,30,31)(H2,25,32,33). The number of hydrogen-bond acceptors (Lipinski definition) is 7. The molecule has 1 amide bonds. The fourth-order valence-electron chi connectivity index (χ4n) is 4.17. The minimum atomic E-state index is -3.80. The second-order valence-corrected chi connectivity index (χ2v) is 10.7. The van der Waals surface area contributed by atoms with Crippen LogP contribution in [0.2, 0.25) is 0 Å². The molecule has 3 N–H and O–H groups in total. The molecule has 0 spiro atoms. The highest BCUT2D eigenvalue weighted by Crippen LogP contribution is 2.30. The molecule has 12 heteroatoms. The van der Waals surface area contributed by atoms with Crippen LogP contribution in [0.15, 0.2) is 58.9 Å². The minimum absolute atomic E-state index is 0.0241. The fraction of sp³-hybridized carbons (Fsp3) is 0.208. The molecule has 1 saturated heterocycles. The first-order valence-corrected chi connectivity index (χ1v) is 13.5. The molecule has 5 rings (SSSR count). The number of fused-ring (bicyclic) bond motifs is 1. The van der Waals surface area contributed by atoms with E-state index in [1.165, 1.54) is 28.8 Å². The van der Waals surface area contributed by atoms with Gasteiger partial charge in [-0.05, 0) is 47.9 Å². The molecule has 3 heterocycles. The van der Waals surface area contributed by atoms with Crippen LogP contribution in [0.1, 0.15) is 32.0 Å². The Morgan fingerprint density at radius 1 is 1.11 bits per heavy atom. The first-order valence-electron chi connectivity index (χ1n) is 11.0. The lowest BCUT2D eigenvalue weighted by atomic mass is 10.0. The number of carboxylic acids is 1. The van der Waals surface area contributed by atoms with Gasteiger partial charge in [0.1, 0.15) is 0 Å². The third kappa shape index (κ3) is 4.75. The number of primary sulfonamides is 1. The van der Waals surface area contributed by atoms with E-state index in [2.05, 4.69) is 4.98 Å². The van der Waals surface area contributed by atoms with Gasteiger partial charge < -0.3 is 14.7 Å². The Labute approximate surface area is 210 Å². The molecular weight excluding hydrogens is 504 g/mol. The Bertz CT molecular complexity index is 1570. The van der Waals surface area contributed by atoms with Crippen LogP contribution in [0.25, 0.3) is 16.0 Å². The zero-order valence-corrected chi connectivity index (χ0v) is 20.6. The number of rotatable bonds is 6. The lowest BCUT2D eigenvalue weighted by Crippen LogP contribution is -2.40. The Hall–Kier alpha value is -3.58. The zero-order chi connectivity index (χ0) is 25.4. The number of thiazole rings is 1. The molecule has 0 atom stereocenters. The van der Waals surface area contributed by atoms with Crippen molar-refractivity contribution in [1.82, 2.24) is 14.5 Å². The van der Waals surface area contributed by atoms with Crippen molar-refractivity contribution in [3.63, 3.8) is 0 Å². The molecule has 0 aliphatic carbocycles. The van der Waals surface area contributed by atoms with Crippen molar-refractivity contribution >= 4 is 44.1 Å². The maximum Gasteiger partial charge on any atom is 0.355 e. The van der Waals surface area contributed by atoms with Crippen LogP contribution in [-0.2, 0) is 21.2 Å². The number of nitrogens with zero attached hydrogens (tertiary/aromatic N) is 3. The summed E-state index contributed by atoms with van der Waals surface area (Å²) in [6.07, 6.45) is 2.31. The van der Waals surface area contributed by atoms with Crippen LogP contribution in [-0.4, -0.2) is 66.2 Å². The molecule has 36 heavy (non-hydrogen) atoms. The van der Waals surface area contributed by atoms with Gasteiger partial charge in [-0.1, -0.05) is 12.1 Å². The van der Waals surface area contributed by atoms with Gasteiger partial charge in [0, 0.05) is 35.6 Å². The van der Waals surface area contributed by atoms with E-state index in [1.807, 2.05) is 22.9 Å². The van der Waals surface area contributed by atoms with Crippen molar-refractivity contribution in [2.24, 2.45) is 5.14 Å². The first-order chi connectivity index (χ1) is 17.2. The van der Waals surface area contributed by atoms with Crippen molar-refractivity contribution in [2.75, 3.05) is 26.3 Å². The molecule has 2 aromatic carbocycles. The Morgan fingerprint density at radius 2 is 1.83 bits per heavy atom. The number of sulfonamides is 1. The number of carbonyl (C=O) groups is 2. The third-order valence-corrected chi connectivity index (χ3v) is 7.77. The third-order valence-electron chi connectivity index (χ3n) is 6.00. The maximum absolute atomic E-state index is 13.1. The molecule has 4 aromatic rings. The average molecular weight is 527 g/mol. The van der Waals surface area contributed by atoms with Crippen molar-refractivity contribution in [1.29, 1.82) is 0 Å². The predicted molar refractivity (Wildman–Crippen MR) is 133 cm³/mol. The number of carbonyl (C=O) groups excluding carboxylic acids is 1. The number of nitrogens with two attached hydrogens (primary N) is 1. The molecule has 0 saturated carbocycles. The van der Waals surface area contributed by atoms with Crippen molar-refractivity contribution in [2.45, 2.75) is 11.3 Å². The van der Waals surface area contributed by atoms with Crippen LogP contribution < -0.4 is 5.14 Å². The molecular formula is C24H22N4O6S2. The summed E-state index contributed by atoms with van der Waals surface area (Å²) in [6, 6.07) is 11.7. The van der Waals surface area contributed by atoms with E-state index in [1.54, 1.807) is 23.1 Å². The number of carboxylic acid groups (broad SMARTS) is 1. The maximum atomic E-state index is 13.1. The SMILES string of the molecule is NS(=O)(=O)c1ccc(Cc2cn(-c3nc(C(=O)O)cs3)c3ccc(C(=O)N4CCOCC4)cc23)cc1. The summed E-state index contributed by atoms with van der Waals surface area (Å²) in [5.41, 5.74) is 2.99. The number of aromatic carboxylic acids is 1. The van der Waals surface area contributed by atoms with E-state index >= 15 is 0 Å². The number of morpholine rings is 1. The minimum Gasteiger partial charge on any atom is -0.476 e. The highest BCUT2D eigenvalue weighted by atomic mass is 32.2. The highest BCUT2D eigenvalue weighted by molar-refractivity contribution is 7.89. The van der Waals surface area contributed by atoms with Crippen LogP contribution in [0.4, 0.5) is 0 Å². The van der Waals surface area contributed by atoms with Gasteiger partial charge >= 0.3 is 5.97 Å². The molecule has 1 aliphatic heterocycles. The first kappa shape index (κ1) is 24.1. The molecule has 1 aliphatic rings. The van der Waals surface area contributed by atoms with Gasteiger partial charge in [0.15, 0.2) is 10.8 Å². The van der Waals surface area contributed by atoms with Gasteiger partial charge in [-0.25, -0.2) is 23.3 Å². The van der Waals surface area contributed by atoms with Gasteiger partial charge in [0.25, 0.3) is 5.91 Å². The smallest absolute Gasteiger partial charge is 0.355 e. The number of benzene rings is 2. The van der Waals surface area contributed by atoms with E-state index in [0.717, 1.165) is 22.0 Å². The van der Waals surface area contributed by atoms with E-state index in [-0.39, 0.29) is 16.5 Å². The van der Waals surface area contributed by atoms with Crippen molar-refractivity contribution in [3.8, 4) is 5.13 Å².